The van der Waals surface area contributed by atoms with Gasteiger partial charge in [-0.05, 0) is 26.3 Å². The first-order valence-corrected chi connectivity index (χ1v) is 5.38. The highest BCUT2D eigenvalue weighted by Gasteiger charge is 2.11. The third-order valence-corrected chi connectivity index (χ3v) is 2.51. The van der Waals surface area contributed by atoms with Crippen LogP contribution in [-0.4, -0.2) is 22.7 Å². The number of nitrogens with zero attached hydrogens (tertiary/aromatic N) is 2. The first kappa shape index (κ1) is 12.5. The van der Waals surface area contributed by atoms with Gasteiger partial charge in [-0.15, -0.1) is 0 Å². The summed E-state index contributed by atoms with van der Waals surface area (Å²) in [4.78, 5) is 4.24. The number of aliphatic hydroxyl groups excluding tert-OH is 1. The minimum atomic E-state index is -0.0201. The third kappa shape index (κ3) is 2.71. The largest absolute Gasteiger partial charge is 0.394 e. The quantitative estimate of drug-likeness (QED) is 0.809. The summed E-state index contributed by atoms with van der Waals surface area (Å²) in [6, 6.07) is 3.96. The number of aliphatic hydroxyl groups is 1. The van der Waals surface area contributed by atoms with Crippen LogP contribution in [0.15, 0.2) is 6.07 Å². The van der Waals surface area contributed by atoms with Crippen molar-refractivity contribution in [3.05, 3.63) is 23.0 Å². The molecule has 1 unspecified atom stereocenters. The molecular weight excluding hydrogens is 202 g/mol. The smallest absolute Gasteiger partial charge is 0.103 e. The number of nitrogens with one attached hydrogen (secondary N) is 1. The van der Waals surface area contributed by atoms with Crippen molar-refractivity contribution in [2.75, 3.05) is 11.9 Å². The fourth-order valence-corrected chi connectivity index (χ4v) is 1.58. The number of aromatic nitrogens is 1. The molecule has 0 saturated carbocycles. The maximum atomic E-state index is 9.13. The first-order chi connectivity index (χ1) is 7.62. The summed E-state index contributed by atoms with van der Waals surface area (Å²) in [5, 5.41) is 21.4. The van der Waals surface area contributed by atoms with Crippen molar-refractivity contribution < 1.29 is 5.11 Å². The molecule has 0 aromatic carbocycles. The topological polar surface area (TPSA) is 68.9 Å². The van der Waals surface area contributed by atoms with Gasteiger partial charge in [0, 0.05) is 11.7 Å². The number of rotatable bonds is 4. The van der Waals surface area contributed by atoms with Crippen LogP contribution < -0.4 is 5.32 Å². The van der Waals surface area contributed by atoms with Gasteiger partial charge in [-0.3, -0.25) is 4.98 Å². The Morgan fingerprint density at radius 2 is 2.25 bits per heavy atom. The minimum absolute atomic E-state index is 0.0201. The van der Waals surface area contributed by atoms with Crippen LogP contribution in [0, 0.1) is 25.2 Å². The molecule has 1 rings (SSSR count). The zero-order valence-electron chi connectivity index (χ0n) is 9.91. The Morgan fingerprint density at radius 1 is 1.56 bits per heavy atom. The van der Waals surface area contributed by atoms with Gasteiger partial charge in [0.2, 0.25) is 0 Å². The molecule has 1 heterocycles. The molecule has 0 radical (unpaired) electrons. The summed E-state index contributed by atoms with van der Waals surface area (Å²) in [6.07, 6.45) is 0.807. The van der Waals surface area contributed by atoms with E-state index in [0.29, 0.717) is 5.56 Å². The first-order valence-electron chi connectivity index (χ1n) is 5.38. The number of hydrogen-bond acceptors (Lipinski definition) is 4. The van der Waals surface area contributed by atoms with Crippen LogP contribution in [0.1, 0.15) is 30.3 Å². The van der Waals surface area contributed by atoms with E-state index < -0.39 is 0 Å². The second kappa shape index (κ2) is 5.47. The van der Waals surface area contributed by atoms with E-state index in [4.69, 9.17) is 10.4 Å². The Balaban J connectivity index is 3.07. The highest BCUT2D eigenvalue weighted by Crippen LogP contribution is 2.19. The van der Waals surface area contributed by atoms with Crippen LogP contribution in [0.25, 0.3) is 0 Å². The molecule has 86 valence electrons. The zero-order valence-corrected chi connectivity index (χ0v) is 9.91. The molecule has 0 fully saturated rings. The molecule has 0 aliphatic heterocycles. The number of anilines is 1. The number of aryl methyl sites for hydroxylation is 2. The van der Waals surface area contributed by atoms with Crippen molar-refractivity contribution >= 4 is 5.69 Å². The fourth-order valence-electron chi connectivity index (χ4n) is 1.58. The van der Waals surface area contributed by atoms with Crippen LogP contribution in [0.3, 0.4) is 0 Å². The summed E-state index contributed by atoms with van der Waals surface area (Å²) in [6.45, 7) is 5.75. The molecule has 16 heavy (non-hydrogen) atoms. The molecule has 4 heteroatoms. The second-order valence-electron chi connectivity index (χ2n) is 3.82. The standard InChI is InChI=1S/C12H17N3O/c1-4-10(7-16)15-12-5-8(2)14-9(3)11(12)6-13/h5,10,16H,4,7H2,1-3H3,(H,14,15). The van der Waals surface area contributed by atoms with Gasteiger partial charge in [-0.2, -0.15) is 5.26 Å². The van der Waals surface area contributed by atoms with Crippen molar-refractivity contribution in [1.82, 2.24) is 4.98 Å². The van der Waals surface area contributed by atoms with Crippen LogP contribution in [0.5, 0.6) is 0 Å². The van der Waals surface area contributed by atoms with Gasteiger partial charge in [-0.25, -0.2) is 0 Å². The maximum absolute atomic E-state index is 9.13. The van der Waals surface area contributed by atoms with Crippen LogP contribution in [0.4, 0.5) is 5.69 Å². The predicted octanol–water partition coefficient (Wildman–Crippen LogP) is 1.75. The van der Waals surface area contributed by atoms with E-state index >= 15 is 0 Å². The molecule has 1 aromatic heterocycles. The molecule has 2 N–H and O–H groups in total. The van der Waals surface area contributed by atoms with Crippen molar-refractivity contribution in [3.8, 4) is 6.07 Å². The minimum Gasteiger partial charge on any atom is -0.394 e. The molecule has 1 aromatic rings. The van der Waals surface area contributed by atoms with Gasteiger partial charge in [0.25, 0.3) is 0 Å². The molecule has 0 spiro atoms. The predicted molar refractivity (Wildman–Crippen MR) is 63.2 cm³/mol. The molecule has 0 amide bonds. The average molecular weight is 219 g/mol. The van der Waals surface area contributed by atoms with Crippen LogP contribution in [0.2, 0.25) is 0 Å². The van der Waals surface area contributed by atoms with Gasteiger partial charge < -0.3 is 10.4 Å². The van der Waals surface area contributed by atoms with Gasteiger partial charge >= 0.3 is 0 Å². The Hall–Kier alpha value is -1.60. The lowest BCUT2D eigenvalue weighted by atomic mass is 10.1. The summed E-state index contributed by atoms with van der Waals surface area (Å²) in [7, 11) is 0. The number of hydrogen-bond donors (Lipinski definition) is 2. The molecule has 1 atom stereocenters. The molecular formula is C12H17N3O. The lowest BCUT2D eigenvalue weighted by molar-refractivity contribution is 0.272. The summed E-state index contributed by atoms with van der Waals surface area (Å²) in [5.41, 5.74) is 2.90. The van der Waals surface area contributed by atoms with Crippen LogP contribution >= 0.6 is 0 Å². The van der Waals surface area contributed by atoms with E-state index in [9.17, 15) is 0 Å². The number of pyridine rings is 1. The van der Waals surface area contributed by atoms with E-state index in [1.54, 1.807) is 0 Å². The van der Waals surface area contributed by atoms with Gasteiger partial charge in [0.05, 0.1) is 23.6 Å². The number of nitriles is 1. The second-order valence-corrected chi connectivity index (χ2v) is 3.82. The van der Waals surface area contributed by atoms with E-state index in [1.807, 2.05) is 26.8 Å². The SMILES string of the molecule is CCC(CO)Nc1cc(C)nc(C)c1C#N. The Labute approximate surface area is 95.9 Å². The lowest BCUT2D eigenvalue weighted by Gasteiger charge is -2.17. The van der Waals surface area contributed by atoms with Crippen molar-refractivity contribution in [2.45, 2.75) is 33.2 Å². The summed E-state index contributed by atoms with van der Waals surface area (Å²) in [5.74, 6) is 0. The Morgan fingerprint density at radius 3 is 2.75 bits per heavy atom. The molecule has 0 aliphatic carbocycles. The Kier molecular flexibility index (Phi) is 4.27. The average Bonchev–Trinajstić information content (AvgIpc) is 2.25. The molecule has 0 aliphatic rings. The van der Waals surface area contributed by atoms with Gasteiger partial charge in [0.1, 0.15) is 6.07 Å². The van der Waals surface area contributed by atoms with E-state index in [-0.39, 0.29) is 12.6 Å². The summed E-state index contributed by atoms with van der Waals surface area (Å²) < 4.78 is 0. The van der Waals surface area contributed by atoms with Crippen molar-refractivity contribution in [2.24, 2.45) is 0 Å². The lowest BCUT2D eigenvalue weighted by Crippen LogP contribution is -2.23. The molecule has 0 bridgehead atoms. The van der Waals surface area contributed by atoms with E-state index in [1.165, 1.54) is 0 Å². The fraction of sp³-hybridized carbons (Fsp3) is 0.500. The van der Waals surface area contributed by atoms with Crippen molar-refractivity contribution in [1.29, 1.82) is 5.26 Å². The van der Waals surface area contributed by atoms with E-state index in [2.05, 4.69) is 16.4 Å². The summed E-state index contributed by atoms with van der Waals surface area (Å²) >= 11 is 0. The van der Waals surface area contributed by atoms with Gasteiger partial charge in [0.15, 0.2) is 0 Å². The highest BCUT2D eigenvalue weighted by atomic mass is 16.3. The third-order valence-electron chi connectivity index (χ3n) is 2.51. The molecule has 4 nitrogen and oxygen atoms in total. The monoisotopic (exact) mass is 219 g/mol. The van der Waals surface area contributed by atoms with E-state index in [0.717, 1.165) is 23.5 Å². The zero-order chi connectivity index (χ0) is 12.1. The normalized spacial score (nSPS) is 11.9. The Bertz CT molecular complexity index is 405. The van der Waals surface area contributed by atoms with Gasteiger partial charge in [-0.1, -0.05) is 6.92 Å². The van der Waals surface area contributed by atoms with Crippen LogP contribution in [-0.2, 0) is 0 Å². The highest BCUT2D eigenvalue weighted by molar-refractivity contribution is 5.60. The maximum Gasteiger partial charge on any atom is 0.103 e. The molecule has 0 saturated heterocycles. The van der Waals surface area contributed by atoms with Crippen molar-refractivity contribution in [3.63, 3.8) is 0 Å².